The number of amides is 2. The largest absolute Gasteiger partial charge is 0.490 e. The summed E-state index contributed by atoms with van der Waals surface area (Å²) in [6.07, 6.45) is 10.7. The number of nitrogens with zero attached hydrogens (tertiary/aromatic N) is 1. The van der Waals surface area contributed by atoms with E-state index in [1.165, 1.54) is 41.5 Å². The number of benzene rings is 2. The highest BCUT2D eigenvalue weighted by Crippen LogP contribution is 2.28. The highest BCUT2D eigenvalue weighted by molar-refractivity contribution is 7.89. The standard InChI is InChI=1S/C29H25F3N2O6S/c1-41(37,38)33-29(36)27-15-19-8-9-23(14-20(19)18-34(27)28(35)11-10-22-6-5-13-39-22)40-12-4-2-3-7-24-25(31)16-21(30)17-26(24)32/h2-11,13-14,16-17,27H,12,15,18H2,1H3,(H,33,36)/b4-2+,7-3+,11-10+/t27-/m0/s1. The van der Waals surface area contributed by atoms with Gasteiger partial charge in [-0.3, -0.25) is 14.3 Å². The topological polar surface area (TPSA) is 106 Å². The molecular weight excluding hydrogens is 561 g/mol. The second kappa shape index (κ2) is 12.7. The minimum atomic E-state index is -3.85. The summed E-state index contributed by atoms with van der Waals surface area (Å²) in [7, 11) is -3.85. The first-order valence-corrected chi connectivity index (χ1v) is 14.2. The third-order valence-corrected chi connectivity index (χ3v) is 6.59. The van der Waals surface area contributed by atoms with E-state index in [0.29, 0.717) is 29.2 Å². The number of fused-ring (bicyclic) bond motifs is 1. The van der Waals surface area contributed by atoms with Crippen LogP contribution in [0.25, 0.3) is 12.2 Å². The molecule has 0 radical (unpaired) electrons. The predicted molar refractivity (Wildman–Crippen MR) is 145 cm³/mol. The van der Waals surface area contributed by atoms with Crippen molar-refractivity contribution in [3.05, 3.63) is 113 Å². The van der Waals surface area contributed by atoms with Gasteiger partial charge in [-0.25, -0.2) is 21.6 Å². The first-order chi connectivity index (χ1) is 19.5. The van der Waals surface area contributed by atoms with Crippen LogP contribution >= 0.6 is 0 Å². The molecule has 1 atom stereocenters. The molecule has 1 N–H and O–H groups in total. The third-order valence-electron chi connectivity index (χ3n) is 6.01. The molecule has 1 aromatic heterocycles. The van der Waals surface area contributed by atoms with E-state index in [4.69, 9.17) is 9.15 Å². The molecule has 1 aliphatic rings. The Kier molecular flexibility index (Phi) is 9.13. The number of nitrogens with one attached hydrogen (secondary N) is 1. The smallest absolute Gasteiger partial charge is 0.256 e. The van der Waals surface area contributed by atoms with E-state index in [1.807, 2.05) is 4.72 Å². The molecule has 214 valence electrons. The maximum atomic E-state index is 13.7. The molecule has 0 saturated carbocycles. The highest BCUT2D eigenvalue weighted by Gasteiger charge is 2.35. The van der Waals surface area contributed by atoms with Gasteiger partial charge in [0, 0.05) is 36.7 Å². The van der Waals surface area contributed by atoms with Crippen molar-refractivity contribution in [2.24, 2.45) is 0 Å². The zero-order valence-corrected chi connectivity index (χ0v) is 22.5. The Hall–Kier alpha value is -4.58. The van der Waals surface area contributed by atoms with Gasteiger partial charge in [0.1, 0.15) is 41.6 Å². The SMILES string of the molecule is CS(=O)(=O)NC(=O)[C@@H]1Cc2ccc(OC/C=C/C=C/c3c(F)cc(F)cc3F)cc2CN1C(=O)/C=C/c1ccco1. The summed E-state index contributed by atoms with van der Waals surface area (Å²) < 4.78 is 76.7. The van der Waals surface area contributed by atoms with Crippen molar-refractivity contribution < 1.29 is 40.3 Å². The van der Waals surface area contributed by atoms with Gasteiger partial charge in [-0.2, -0.15) is 0 Å². The average Bonchev–Trinajstić information content (AvgIpc) is 3.42. The summed E-state index contributed by atoms with van der Waals surface area (Å²) >= 11 is 0. The van der Waals surface area contributed by atoms with Crippen molar-refractivity contribution in [3.63, 3.8) is 0 Å². The Morgan fingerprint density at radius 1 is 1.07 bits per heavy atom. The molecule has 2 aromatic carbocycles. The summed E-state index contributed by atoms with van der Waals surface area (Å²) in [6.45, 7) is 0.120. The Labute approximate surface area is 234 Å². The summed E-state index contributed by atoms with van der Waals surface area (Å²) in [6, 6.07) is 8.54. The first kappa shape index (κ1) is 29.4. The monoisotopic (exact) mass is 586 g/mol. The molecule has 0 fully saturated rings. The number of carbonyl (C=O) groups excluding carboxylic acids is 2. The maximum Gasteiger partial charge on any atom is 0.256 e. The number of furan rings is 1. The van der Waals surface area contributed by atoms with Gasteiger partial charge in [0.15, 0.2) is 0 Å². The number of allylic oxidation sites excluding steroid dienone is 2. The molecular formula is C29H25F3N2O6S. The van der Waals surface area contributed by atoms with Crippen LogP contribution in [0.3, 0.4) is 0 Å². The van der Waals surface area contributed by atoms with Crippen molar-refractivity contribution in [1.29, 1.82) is 0 Å². The Morgan fingerprint density at radius 2 is 1.83 bits per heavy atom. The molecule has 12 heteroatoms. The quantitative estimate of drug-likeness (QED) is 0.295. The van der Waals surface area contributed by atoms with E-state index in [0.717, 1.165) is 11.8 Å². The van der Waals surface area contributed by atoms with Crippen molar-refractivity contribution in [3.8, 4) is 5.75 Å². The van der Waals surface area contributed by atoms with E-state index in [9.17, 15) is 31.2 Å². The van der Waals surface area contributed by atoms with Gasteiger partial charge in [-0.1, -0.05) is 18.2 Å². The molecule has 0 unspecified atom stereocenters. The zero-order valence-electron chi connectivity index (χ0n) is 21.7. The third kappa shape index (κ3) is 7.98. The fourth-order valence-corrected chi connectivity index (χ4v) is 4.65. The molecule has 3 aromatic rings. The van der Waals surface area contributed by atoms with Gasteiger partial charge in [0.05, 0.1) is 12.5 Å². The van der Waals surface area contributed by atoms with Crippen molar-refractivity contribution in [2.75, 3.05) is 12.9 Å². The Morgan fingerprint density at radius 3 is 2.51 bits per heavy atom. The van der Waals surface area contributed by atoms with Gasteiger partial charge in [0.25, 0.3) is 5.91 Å². The van der Waals surface area contributed by atoms with Crippen LogP contribution < -0.4 is 9.46 Å². The number of rotatable bonds is 9. The van der Waals surface area contributed by atoms with E-state index < -0.39 is 45.3 Å². The molecule has 0 bridgehead atoms. The van der Waals surface area contributed by atoms with E-state index in [1.54, 1.807) is 36.4 Å². The number of sulfonamides is 1. The molecule has 4 rings (SSSR count). The lowest BCUT2D eigenvalue weighted by atomic mass is 9.93. The number of carbonyl (C=O) groups is 2. The summed E-state index contributed by atoms with van der Waals surface area (Å²) in [5, 5.41) is 0. The maximum absolute atomic E-state index is 13.7. The lowest BCUT2D eigenvalue weighted by Gasteiger charge is -2.35. The van der Waals surface area contributed by atoms with Gasteiger partial charge in [0.2, 0.25) is 15.9 Å². The van der Waals surface area contributed by atoms with E-state index in [-0.39, 0.29) is 25.1 Å². The molecule has 0 aliphatic carbocycles. The number of ether oxygens (including phenoxy) is 1. The summed E-state index contributed by atoms with van der Waals surface area (Å²) in [5.74, 6) is -3.48. The van der Waals surface area contributed by atoms with Crippen LogP contribution in [0.1, 0.15) is 22.5 Å². The van der Waals surface area contributed by atoms with Crippen LogP contribution in [-0.4, -0.2) is 44.0 Å². The number of hydrogen-bond donors (Lipinski definition) is 1. The Bertz CT molecular complexity index is 1610. The number of halogens is 3. The van der Waals surface area contributed by atoms with Gasteiger partial charge in [-0.15, -0.1) is 0 Å². The number of hydrogen-bond acceptors (Lipinski definition) is 6. The molecule has 2 heterocycles. The molecule has 41 heavy (non-hydrogen) atoms. The van der Waals surface area contributed by atoms with Crippen LogP contribution in [0.5, 0.6) is 5.75 Å². The van der Waals surface area contributed by atoms with Crippen LogP contribution in [0.4, 0.5) is 13.2 Å². The average molecular weight is 587 g/mol. The van der Waals surface area contributed by atoms with Gasteiger partial charge < -0.3 is 14.1 Å². The normalized spacial score (nSPS) is 15.5. The van der Waals surface area contributed by atoms with Crippen molar-refractivity contribution in [1.82, 2.24) is 9.62 Å². The fourth-order valence-electron chi connectivity index (χ4n) is 4.15. The predicted octanol–water partition coefficient (Wildman–Crippen LogP) is 4.39. The minimum Gasteiger partial charge on any atom is -0.490 e. The minimum absolute atomic E-state index is 0.0169. The first-order valence-electron chi connectivity index (χ1n) is 12.3. The van der Waals surface area contributed by atoms with E-state index in [2.05, 4.69) is 0 Å². The second-order valence-electron chi connectivity index (χ2n) is 9.09. The molecule has 0 saturated heterocycles. The van der Waals surface area contributed by atoms with Crippen LogP contribution in [0.2, 0.25) is 0 Å². The fraction of sp³-hybridized carbons (Fsp3) is 0.172. The lowest BCUT2D eigenvalue weighted by Crippen LogP contribution is -2.53. The van der Waals surface area contributed by atoms with Crippen molar-refractivity contribution >= 4 is 34.0 Å². The van der Waals surface area contributed by atoms with E-state index >= 15 is 0 Å². The van der Waals surface area contributed by atoms with Gasteiger partial charge >= 0.3 is 0 Å². The second-order valence-corrected chi connectivity index (χ2v) is 10.8. The lowest BCUT2D eigenvalue weighted by molar-refractivity contribution is -0.137. The molecule has 1 aliphatic heterocycles. The van der Waals surface area contributed by atoms with Crippen LogP contribution in [-0.2, 0) is 32.6 Å². The zero-order chi connectivity index (χ0) is 29.6. The van der Waals surface area contributed by atoms with Crippen LogP contribution in [0, 0.1) is 17.5 Å². The Balaban J connectivity index is 1.45. The summed E-state index contributed by atoms with van der Waals surface area (Å²) in [4.78, 5) is 27.1. The highest BCUT2D eigenvalue weighted by atomic mass is 32.2. The van der Waals surface area contributed by atoms with Crippen molar-refractivity contribution in [2.45, 2.75) is 19.0 Å². The van der Waals surface area contributed by atoms with Gasteiger partial charge in [-0.05, 0) is 53.6 Å². The molecule has 8 nitrogen and oxygen atoms in total. The van der Waals surface area contributed by atoms with Crippen LogP contribution in [0.15, 0.2) is 77.4 Å². The molecule has 0 spiro atoms. The molecule has 2 amide bonds. The summed E-state index contributed by atoms with van der Waals surface area (Å²) in [5.41, 5.74) is 1.08.